The van der Waals surface area contributed by atoms with E-state index in [-0.39, 0.29) is 22.8 Å². The van der Waals surface area contributed by atoms with E-state index in [2.05, 4.69) is 0 Å². The van der Waals surface area contributed by atoms with Gasteiger partial charge in [0.05, 0.1) is 11.5 Å². The van der Waals surface area contributed by atoms with Crippen LogP contribution in [0.4, 0.5) is 4.39 Å². The maximum atomic E-state index is 13.7. The minimum Gasteiger partial charge on any atom is -0.456 e. The molecule has 0 fully saturated rings. The number of allylic oxidation sites excluding steroid dienone is 2. The Hall–Kier alpha value is -2.81. The smallest absolute Gasteiger partial charge is 0.338 e. The fourth-order valence-electron chi connectivity index (χ4n) is 2.50. The average molecular weight is 330 g/mol. The molecule has 6 heteroatoms. The number of rotatable bonds is 2. The molecule has 5 nitrogen and oxygen atoms in total. The largest absolute Gasteiger partial charge is 0.456 e. The van der Waals surface area contributed by atoms with Crippen molar-refractivity contribution in [3.05, 3.63) is 58.4 Å². The van der Waals surface area contributed by atoms with Crippen molar-refractivity contribution >= 4 is 5.97 Å². The fraction of sp³-hybridized carbons (Fsp3) is 0.333. The number of benzene rings is 1. The summed E-state index contributed by atoms with van der Waals surface area (Å²) < 4.78 is 24.4. The molecule has 0 radical (unpaired) electrons. The fourth-order valence-corrected chi connectivity index (χ4v) is 2.50. The summed E-state index contributed by atoms with van der Waals surface area (Å²) in [4.78, 5) is 12.6. The van der Waals surface area contributed by atoms with E-state index >= 15 is 0 Å². The number of esters is 1. The van der Waals surface area contributed by atoms with Crippen LogP contribution >= 0.6 is 0 Å². The molecule has 1 aliphatic heterocycles. The number of hydrogen-bond donors (Lipinski definition) is 1. The predicted molar refractivity (Wildman–Crippen MR) is 85.6 cm³/mol. The molecule has 126 valence electrons. The topological polar surface area (TPSA) is 85.3 Å². The third kappa shape index (κ3) is 3.57. The van der Waals surface area contributed by atoms with Gasteiger partial charge in [0, 0.05) is 0 Å². The van der Waals surface area contributed by atoms with Crippen LogP contribution in [0.2, 0.25) is 0 Å². The van der Waals surface area contributed by atoms with Crippen LogP contribution in [-0.4, -0.2) is 11.6 Å². The van der Waals surface area contributed by atoms with Crippen molar-refractivity contribution in [1.29, 1.82) is 5.26 Å². The van der Waals surface area contributed by atoms with Crippen LogP contribution in [-0.2, 0) is 14.3 Å². The monoisotopic (exact) mass is 330 g/mol. The Morgan fingerprint density at radius 2 is 2.08 bits per heavy atom. The summed E-state index contributed by atoms with van der Waals surface area (Å²) in [6.45, 7) is 6.76. The Bertz CT molecular complexity index is 782. The van der Waals surface area contributed by atoms with Gasteiger partial charge in [-0.2, -0.15) is 5.26 Å². The maximum Gasteiger partial charge on any atom is 0.338 e. The van der Waals surface area contributed by atoms with Crippen molar-refractivity contribution in [1.82, 2.24) is 0 Å². The minimum absolute atomic E-state index is 0.0482. The number of halogens is 1. The van der Waals surface area contributed by atoms with Crippen molar-refractivity contribution < 1.29 is 18.7 Å². The number of carbonyl (C=O) groups excluding carboxylic acids is 1. The van der Waals surface area contributed by atoms with Gasteiger partial charge in [-0.25, -0.2) is 9.18 Å². The number of carbonyl (C=O) groups is 1. The molecule has 0 spiro atoms. The van der Waals surface area contributed by atoms with Crippen LogP contribution in [0, 0.1) is 17.1 Å². The van der Waals surface area contributed by atoms with Crippen molar-refractivity contribution in [3.8, 4) is 6.07 Å². The van der Waals surface area contributed by atoms with Crippen LogP contribution in [0.5, 0.6) is 0 Å². The second-order valence-electron chi connectivity index (χ2n) is 6.45. The summed E-state index contributed by atoms with van der Waals surface area (Å²) in [7, 11) is 0. The average Bonchev–Trinajstić information content (AvgIpc) is 2.44. The lowest BCUT2D eigenvalue weighted by Gasteiger charge is -2.29. The van der Waals surface area contributed by atoms with Gasteiger partial charge in [0.2, 0.25) is 5.88 Å². The van der Waals surface area contributed by atoms with Crippen LogP contribution in [0.25, 0.3) is 0 Å². The summed E-state index contributed by atoms with van der Waals surface area (Å²) in [6, 6.07) is 7.63. The molecule has 0 aliphatic carbocycles. The molecular weight excluding hydrogens is 311 g/mol. The van der Waals surface area contributed by atoms with E-state index in [1.165, 1.54) is 18.2 Å². The lowest BCUT2D eigenvalue weighted by Crippen LogP contribution is -2.30. The van der Waals surface area contributed by atoms with Gasteiger partial charge < -0.3 is 15.2 Å². The van der Waals surface area contributed by atoms with Gasteiger partial charge in [0.25, 0.3) is 0 Å². The van der Waals surface area contributed by atoms with E-state index in [0.717, 1.165) is 0 Å². The van der Waals surface area contributed by atoms with Gasteiger partial charge in [0.1, 0.15) is 28.8 Å². The number of hydrogen-bond acceptors (Lipinski definition) is 5. The van der Waals surface area contributed by atoms with E-state index < -0.39 is 23.3 Å². The Labute approximate surface area is 140 Å². The normalized spacial score (nSPS) is 18.1. The third-order valence-corrected chi connectivity index (χ3v) is 3.41. The number of nitrogens with zero attached hydrogens (tertiary/aromatic N) is 1. The lowest BCUT2D eigenvalue weighted by molar-refractivity contribution is -0.150. The maximum absolute atomic E-state index is 13.7. The molecule has 1 heterocycles. The number of ether oxygens (including phenoxy) is 2. The van der Waals surface area contributed by atoms with Crippen LogP contribution in [0.15, 0.2) is 47.1 Å². The zero-order valence-electron chi connectivity index (χ0n) is 14.0. The Balaban J connectivity index is 2.59. The summed E-state index contributed by atoms with van der Waals surface area (Å²) in [6.07, 6.45) is 0. The highest BCUT2D eigenvalue weighted by Crippen LogP contribution is 2.40. The molecule has 0 saturated carbocycles. The standard InChI is InChI=1S/C18H19FN2O3/c1-10-14(17(22)24-18(2,3)4)15(13(9-20)16(21)23-10)11-6-5-7-12(19)8-11/h5-8,15H,21H2,1-4H3/t15-/m0/s1. The summed E-state index contributed by atoms with van der Waals surface area (Å²) in [5, 5.41) is 9.44. The van der Waals surface area contributed by atoms with Crippen LogP contribution < -0.4 is 5.73 Å². The first-order valence-corrected chi connectivity index (χ1v) is 7.41. The molecule has 2 N–H and O–H groups in total. The molecule has 24 heavy (non-hydrogen) atoms. The molecule has 0 aromatic heterocycles. The van der Waals surface area contributed by atoms with Crippen molar-refractivity contribution in [2.75, 3.05) is 0 Å². The molecular formula is C18H19FN2O3. The molecule has 0 saturated heterocycles. The lowest BCUT2D eigenvalue weighted by atomic mass is 9.83. The highest BCUT2D eigenvalue weighted by atomic mass is 19.1. The summed E-state index contributed by atoms with van der Waals surface area (Å²) in [5.41, 5.74) is 5.68. The Morgan fingerprint density at radius 1 is 1.42 bits per heavy atom. The molecule has 0 amide bonds. The minimum atomic E-state index is -0.839. The highest BCUT2D eigenvalue weighted by Gasteiger charge is 2.37. The second kappa shape index (κ2) is 6.36. The molecule has 1 atom stereocenters. The molecule has 1 aliphatic rings. The van der Waals surface area contributed by atoms with Gasteiger partial charge in [-0.3, -0.25) is 0 Å². The van der Waals surface area contributed by atoms with E-state index in [0.29, 0.717) is 5.56 Å². The second-order valence-corrected chi connectivity index (χ2v) is 6.45. The van der Waals surface area contributed by atoms with Crippen LogP contribution in [0.1, 0.15) is 39.2 Å². The van der Waals surface area contributed by atoms with Gasteiger partial charge >= 0.3 is 5.97 Å². The zero-order chi connectivity index (χ0) is 18.1. The number of nitriles is 1. The third-order valence-electron chi connectivity index (χ3n) is 3.41. The Kier molecular flexibility index (Phi) is 4.65. The molecule has 0 unspecified atom stereocenters. The quantitative estimate of drug-likeness (QED) is 0.841. The Morgan fingerprint density at radius 3 is 2.62 bits per heavy atom. The molecule has 1 aromatic rings. The molecule has 2 rings (SSSR count). The van der Waals surface area contributed by atoms with Gasteiger partial charge in [0.15, 0.2) is 0 Å². The highest BCUT2D eigenvalue weighted by molar-refractivity contribution is 5.92. The van der Waals surface area contributed by atoms with Crippen molar-refractivity contribution in [3.63, 3.8) is 0 Å². The van der Waals surface area contributed by atoms with Crippen LogP contribution in [0.3, 0.4) is 0 Å². The SMILES string of the molecule is CC1=C(C(=O)OC(C)(C)C)[C@@H](c2cccc(F)c2)C(C#N)=C(N)O1. The van der Waals surface area contributed by atoms with Crippen molar-refractivity contribution in [2.24, 2.45) is 5.73 Å². The molecule has 1 aromatic carbocycles. The molecule has 0 bridgehead atoms. The zero-order valence-corrected chi connectivity index (χ0v) is 14.0. The first kappa shape index (κ1) is 17.5. The van der Waals surface area contributed by atoms with E-state index in [1.807, 2.05) is 6.07 Å². The summed E-state index contributed by atoms with van der Waals surface area (Å²) in [5.74, 6) is -1.81. The van der Waals surface area contributed by atoms with E-state index in [9.17, 15) is 14.4 Å². The van der Waals surface area contributed by atoms with Gasteiger partial charge in [-0.1, -0.05) is 12.1 Å². The number of nitrogens with two attached hydrogens (primary N) is 1. The predicted octanol–water partition coefficient (Wildman–Crippen LogP) is 3.25. The first-order valence-electron chi connectivity index (χ1n) is 7.41. The van der Waals surface area contributed by atoms with Gasteiger partial charge in [-0.05, 0) is 45.4 Å². The van der Waals surface area contributed by atoms with E-state index in [1.54, 1.807) is 33.8 Å². The van der Waals surface area contributed by atoms with Gasteiger partial charge in [-0.15, -0.1) is 0 Å². The van der Waals surface area contributed by atoms with E-state index in [4.69, 9.17) is 15.2 Å². The van der Waals surface area contributed by atoms with Crippen molar-refractivity contribution in [2.45, 2.75) is 39.2 Å². The summed E-state index contributed by atoms with van der Waals surface area (Å²) >= 11 is 0. The first-order chi connectivity index (χ1) is 11.1.